The number of rotatable bonds is 4. The van der Waals surface area contributed by atoms with Gasteiger partial charge in [-0.25, -0.2) is 4.79 Å². The molecule has 0 heterocycles. The lowest BCUT2D eigenvalue weighted by atomic mass is 9.76. The van der Waals surface area contributed by atoms with Crippen LogP contribution in [-0.2, 0) is 16.0 Å². The number of benzene rings is 1. The molecule has 4 nitrogen and oxygen atoms in total. The molecule has 114 valence electrons. The van der Waals surface area contributed by atoms with Gasteiger partial charge in [-0.15, -0.1) is 0 Å². The molecule has 1 saturated carbocycles. The van der Waals surface area contributed by atoms with Gasteiger partial charge in [0.2, 0.25) is 5.91 Å². The molecule has 2 atom stereocenters. The highest BCUT2D eigenvalue weighted by Gasteiger charge is 2.42. The van der Waals surface area contributed by atoms with Crippen molar-refractivity contribution in [3.8, 4) is 0 Å². The van der Waals surface area contributed by atoms with Crippen LogP contribution in [0.15, 0.2) is 24.3 Å². The zero-order valence-electron chi connectivity index (χ0n) is 12.7. The summed E-state index contributed by atoms with van der Waals surface area (Å²) in [6.07, 6.45) is 3.14. The number of nitrogens with one attached hydrogen (secondary N) is 1. The van der Waals surface area contributed by atoms with Gasteiger partial charge in [-0.3, -0.25) is 4.79 Å². The van der Waals surface area contributed by atoms with Crippen molar-refractivity contribution < 1.29 is 14.7 Å². The summed E-state index contributed by atoms with van der Waals surface area (Å²) in [5, 5.41) is 12.3. The number of hydrogen-bond donors (Lipinski definition) is 2. The zero-order valence-corrected chi connectivity index (χ0v) is 12.7. The minimum atomic E-state index is -1.08. The molecule has 2 rings (SSSR count). The lowest BCUT2D eigenvalue weighted by Gasteiger charge is -2.37. The summed E-state index contributed by atoms with van der Waals surface area (Å²) < 4.78 is 0. The van der Waals surface area contributed by atoms with E-state index >= 15 is 0 Å². The van der Waals surface area contributed by atoms with E-state index in [1.165, 1.54) is 0 Å². The van der Waals surface area contributed by atoms with Crippen LogP contribution in [0.1, 0.15) is 43.7 Å². The van der Waals surface area contributed by atoms with Crippen molar-refractivity contribution in [1.82, 2.24) is 5.32 Å². The summed E-state index contributed by atoms with van der Waals surface area (Å²) >= 11 is 0. The van der Waals surface area contributed by atoms with E-state index in [1.54, 1.807) is 0 Å². The maximum Gasteiger partial charge on any atom is 0.329 e. The van der Waals surface area contributed by atoms with Crippen LogP contribution in [0, 0.1) is 12.8 Å². The molecule has 1 aliphatic rings. The zero-order chi connectivity index (χ0) is 15.5. The van der Waals surface area contributed by atoms with Crippen molar-refractivity contribution in [2.75, 3.05) is 0 Å². The molecule has 0 radical (unpaired) electrons. The van der Waals surface area contributed by atoms with Crippen molar-refractivity contribution in [1.29, 1.82) is 0 Å². The third-order valence-corrected chi connectivity index (χ3v) is 4.27. The van der Waals surface area contributed by atoms with Crippen LogP contribution in [0.25, 0.3) is 0 Å². The number of carboxylic acid groups (broad SMARTS) is 1. The topological polar surface area (TPSA) is 66.4 Å². The van der Waals surface area contributed by atoms with E-state index in [2.05, 4.69) is 5.32 Å². The Kier molecular flexibility index (Phi) is 4.66. The number of aliphatic carboxylic acids is 1. The first kappa shape index (κ1) is 15.5. The molecule has 1 aromatic carbocycles. The Morgan fingerprint density at radius 3 is 2.57 bits per heavy atom. The molecule has 4 heteroatoms. The first-order valence-electron chi connectivity index (χ1n) is 7.51. The van der Waals surface area contributed by atoms with E-state index in [0.29, 0.717) is 18.8 Å². The van der Waals surface area contributed by atoms with E-state index in [9.17, 15) is 14.7 Å². The molecule has 0 saturated heterocycles. The number of amides is 1. The Balaban J connectivity index is 2.05. The molecule has 0 spiro atoms. The first-order chi connectivity index (χ1) is 9.91. The van der Waals surface area contributed by atoms with Gasteiger partial charge in [0.05, 0.1) is 6.42 Å². The second-order valence-corrected chi connectivity index (χ2v) is 6.30. The molecule has 0 aromatic heterocycles. The van der Waals surface area contributed by atoms with Crippen LogP contribution in [0.2, 0.25) is 0 Å². The Hall–Kier alpha value is -1.84. The van der Waals surface area contributed by atoms with Gasteiger partial charge < -0.3 is 10.4 Å². The fraction of sp³-hybridized carbons (Fsp3) is 0.529. The SMILES string of the molecule is Cc1ccc(CC(=O)NC2(C(=O)O)CCCC(C)C2)cc1. The first-order valence-corrected chi connectivity index (χ1v) is 7.51. The summed E-state index contributed by atoms with van der Waals surface area (Å²) in [6.45, 7) is 4.04. The van der Waals surface area contributed by atoms with E-state index in [0.717, 1.165) is 24.0 Å². The molecule has 0 bridgehead atoms. The van der Waals surface area contributed by atoms with Crippen LogP contribution >= 0.6 is 0 Å². The van der Waals surface area contributed by atoms with Crippen LogP contribution in [0.4, 0.5) is 0 Å². The minimum Gasteiger partial charge on any atom is -0.480 e. The van der Waals surface area contributed by atoms with E-state index in [4.69, 9.17) is 0 Å². The van der Waals surface area contributed by atoms with Crippen LogP contribution in [0.3, 0.4) is 0 Å². The third-order valence-electron chi connectivity index (χ3n) is 4.27. The third kappa shape index (κ3) is 3.84. The van der Waals surface area contributed by atoms with Crippen LogP contribution in [-0.4, -0.2) is 22.5 Å². The predicted molar refractivity (Wildman–Crippen MR) is 81.0 cm³/mol. The van der Waals surface area contributed by atoms with Gasteiger partial charge in [0.25, 0.3) is 0 Å². The minimum absolute atomic E-state index is 0.213. The summed E-state index contributed by atoms with van der Waals surface area (Å²) in [6, 6.07) is 7.73. The number of hydrogen-bond acceptors (Lipinski definition) is 2. The Bertz CT molecular complexity index is 523. The van der Waals surface area contributed by atoms with Gasteiger partial charge in [0, 0.05) is 0 Å². The number of carbonyl (C=O) groups excluding carboxylic acids is 1. The maximum absolute atomic E-state index is 12.2. The van der Waals surface area contributed by atoms with Crippen molar-refractivity contribution in [3.05, 3.63) is 35.4 Å². The molecule has 21 heavy (non-hydrogen) atoms. The lowest BCUT2D eigenvalue weighted by Crippen LogP contribution is -2.57. The molecule has 1 aliphatic carbocycles. The smallest absolute Gasteiger partial charge is 0.329 e. The van der Waals surface area contributed by atoms with Crippen molar-refractivity contribution in [3.63, 3.8) is 0 Å². The average molecular weight is 289 g/mol. The molecule has 1 aromatic rings. The van der Waals surface area contributed by atoms with Crippen molar-refractivity contribution in [2.45, 2.75) is 51.5 Å². The quantitative estimate of drug-likeness (QED) is 0.895. The predicted octanol–water partition coefficient (Wildman–Crippen LogP) is 2.69. The van der Waals surface area contributed by atoms with Crippen molar-refractivity contribution >= 4 is 11.9 Å². The van der Waals surface area contributed by atoms with Gasteiger partial charge >= 0.3 is 5.97 Å². The Labute approximate surface area is 125 Å². The Morgan fingerprint density at radius 2 is 2.00 bits per heavy atom. The van der Waals surface area contributed by atoms with Gasteiger partial charge in [0.15, 0.2) is 0 Å². The van der Waals surface area contributed by atoms with E-state index in [1.807, 2.05) is 38.1 Å². The molecule has 2 unspecified atom stereocenters. The van der Waals surface area contributed by atoms with Gasteiger partial charge in [-0.05, 0) is 31.2 Å². The molecular weight excluding hydrogens is 266 g/mol. The van der Waals surface area contributed by atoms with Crippen LogP contribution < -0.4 is 5.32 Å². The highest BCUT2D eigenvalue weighted by atomic mass is 16.4. The summed E-state index contributed by atoms with van der Waals surface area (Å²) in [7, 11) is 0. The lowest BCUT2D eigenvalue weighted by molar-refractivity contribution is -0.150. The summed E-state index contributed by atoms with van der Waals surface area (Å²) in [5.74, 6) is -0.795. The van der Waals surface area contributed by atoms with Crippen molar-refractivity contribution in [2.24, 2.45) is 5.92 Å². The molecule has 1 amide bonds. The van der Waals surface area contributed by atoms with Gasteiger partial charge in [-0.1, -0.05) is 49.6 Å². The highest BCUT2D eigenvalue weighted by molar-refractivity contribution is 5.88. The molecule has 2 N–H and O–H groups in total. The normalized spacial score (nSPS) is 25.3. The number of aryl methyl sites for hydroxylation is 1. The van der Waals surface area contributed by atoms with Gasteiger partial charge in [-0.2, -0.15) is 0 Å². The van der Waals surface area contributed by atoms with Gasteiger partial charge in [0.1, 0.15) is 5.54 Å². The number of carboxylic acids is 1. The summed E-state index contributed by atoms with van der Waals surface area (Å²) in [5.41, 5.74) is 0.962. The number of carbonyl (C=O) groups is 2. The van der Waals surface area contributed by atoms with Crippen LogP contribution in [0.5, 0.6) is 0 Å². The molecule has 0 aliphatic heterocycles. The largest absolute Gasteiger partial charge is 0.480 e. The monoisotopic (exact) mass is 289 g/mol. The fourth-order valence-electron chi connectivity index (χ4n) is 3.11. The standard InChI is InChI=1S/C17H23NO3/c1-12-5-7-14(8-6-12)10-15(19)18-17(16(20)21)9-3-4-13(2)11-17/h5-8,13H,3-4,9-11H2,1-2H3,(H,18,19)(H,20,21). The average Bonchev–Trinajstić information content (AvgIpc) is 2.41. The second kappa shape index (κ2) is 6.29. The highest BCUT2D eigenvalue weighted by Crippen LogP contribution is 2.32. The Morgan fingerprint density at radius 1 is 1.33 bits per heavy atom. The van der Waals surface area contributed by atoms with E-state index in [-0.39, 0.29) is 12.3 Å². The summed E-state index contributed by atoms with van der Waals surface area (Å²) in [4.78, 5) is 23.8. The van der Waals surface area contributed by atoms with E-state index < -0.39 is 11.5 Å². The molecular formula is C17H23NO3. The second-order valence-electron chi connectivity index (χ2n) is 6.30. The molecule has 1 fully saturated rings. The maximum atomic E-state index is 12.2. The fourth-order valence-corrected chi connectivity index (χ4v) is 3.11.